The minimum Gasteiger partial charge on any atom is -0.352 e. The second kappa shape index (κ2) is 6.87. The SMILES string of the molecule is Cc1ccc(-c2noc(CCNC(=O)c3ccccc3)n2)cc1. The minimum atomic E-state index is -0.108. The first kappa shape index (κ1) is 15.0. The molecule has 0 radical (unpaired) electrons. The fourth-order valence-corrected chi connectivity index (χ4v) is 2.15. The maximum atomic E-state index is 11.9. The van der Waals surface area contributed by atoms with Gasteiger partial charge in [0.2, 0.25) is 11.7 Å². The van der Waals surface area contributed by atoms with Gasteiger partial charge in [-0.25, -0.2) is 0 Å². The van der Waals surface area contributed by atoms with Crippen LogP contribution < -0.4 is 5.32 Å². The van der Waals surface area contributed by atoms with E-state index in [1.54, 1.807) is 12.1 Å². The Morgan fingerprint density at radius 1 is 1.09 bits per heavy atom. The predicted octanol–water partition coefficient (Wildman–Crippen LogP) is 3.02. The number of benzene rings is 2. The highest BCUT2D eigenvalue weighted by Crippen LogP contribution is 2.16. The Morgan fingerprint density at radius 2 is 1.83 bits per heavy atom. The Labute approximate surface area is 134 Å². The number of carbonyl (C=O) groups is 1. The number of aryl methyl sites for hydroxylation is 1. The summed E-state index contributed by atoms with van der Waals surface area (Å²) in [6, 6.07) is 17.0. The number of aromatic nitrogens is 2. The van der Waals surface area contributed by atoms with E-state index < -0.39 is 0 Å². The lowest BCUT2D eigenvalue weighted by Crippen LogP contribution is -2.25. The molecule has 0 atom stereocenters. The molecule has 1 aromatic heterocycles. The largest absolute Gasteiger partial charge is 0.352 e. The van der Waals surface area contributed by atoms with Gasteiger partial charge in [-0.2, -0.15) is 4.98 Å². The lowest BCUT2D eigenvalue weighted by atomic mass is 10.1. The van der Waals surface area contributed by atoms with Crippen LogP contribution in [0.4, 0.5) is 0 Å². The third kappa shape index (κ3) is 3.83. The molecule has 0 spiro atoms. The van der Waals surface area contributed by atoms with Crippen LogP contribution in [0.15, 0.2) is 59.1 Å². The number of carbonyl (C=O) groups excluding carboxylic acids is 1. The van der Waals surface area contributed by atoms with E-state index in [0.717, 1.165) is 5.56 Å². The molecule has 1 amide bonds. The molecule has 5 heteroatoms. The minimum absolute atomic E-state index is 0.108. The highest BCUT2D eigenvalue weighted by molar-refractivity contribution is 5.94. The normalized spacial score (nSPS) is 10.5. The predicted molar refractivity (Wildman–Crippen MR) is 87.0 cm³/mol. The summed E-state index contributed by atoms with van der Waals surface area (Å²) in [6.45, 7) is 2.48. The molecule has 23 heavy (non-hydrogen) atoms. The molecular formula is C18H17N3O2. The van der Waals surface area contributed by atoms with Crippen LogP contribution in [-0.4, -0.2) is 22.6 Å². The molecule has 3 rings (SSSR count). The van der Waals surface area contributed by atoms with E-state index in [1.807, 2.05) is 49.4 Å². The quantitative estimate of drug-likeness (QED) is 0.786. The van der Waals surface area contributed by atoms with Gasteiger partial charge in [0.05, 0.1) is 0 Å². The summed E-state index contributed by atoms with van der Waals surface area (Å²) in [5.41, 5.74) is 2.73. The lowest BCUT2D eigenvalue weighted by Gasteiger charge is -2.02. The smallest absolute Gasteiger partial charge is 0.251 e. The van der Waals surface area contributed by atoms with Gasteiger partial charge in [-0.05, 0) is 19.1 Å². The van der Waals surface area contributed by atoms with Crippen molar-refractivity contribution in [3.63, 3.8) is 0 Å². The fraction of sp³-hybridized carbons (Fsp3) is 0.167. The number of amides is 1. The topological polar surface area (TPSA) is 68.0 Å². The molecule has 0 saturated carbocycles. The molecule has 0 aliphatic heterocycles. The van der Waals surface area contributed by atoms with E-state index in [1.165, 1.54) is 5.56 Å². The van der Waals surface area contributed by atoms with E-state index in [0.29, 0.717) is 30.2 Å². The molecule has 0 aliphatic carbocycles. The molecule has 116 valence electrons. The number of hydrogen-bond acceptors (Lipinski definition) is 4. The van der Waals surface area contributed by atoms with Gasteiger partial charge in [0.15, 0.2) is 0 Å². The van der Waals surface area contributed by atoms with Gasteiger partial charge in [-0.15, -0.1) is 0 Å². The molecule has 0 aliphatic rings. The molecular weight excluding hydrogens is 290 g/mol. The first-order valence-corrected chi connectivity index (χ1v) is 7.45. The summed E-state index contributed by atoms with van der Waals surface area (Å²) in [7, 11) is 0. The summed E-state index contributed by atoms with van der Waals surface area (Å²) in [4.78, 5) is 16.3. The zero-order valence-electron chi connectivity index (χ0n) is 12.8. The fourth-order valence-electron chi connectivity index (χ4n) is 2.15. The molecule has 1 N–H and O–H groups in total. The zero-order chi connectivity index (χ0) is 16.1. The average molecular weight is 307 g/mol. The lowest BCUT2D eigenvalue weighted by molar-refractivity contribution is 0.0953. The summed E-state index contributed by atoms with van der Waals surface area (Å²) >= 11 is 0. The maximum Gasteiger partial charge on any atom is 0.251 e. The number of nitrogens with one attached hydrogen (secondary N) is 1. The Kier molecular flexibility index (Phi) is 4.47. The van der Waals surface area contributed by atoms with Crippen LogP contribution in [0, 0.1) is 6.92 Å². The van der Waals surface area contributed by atoms with Crippen LogP contribution in [0.25, 0.3) is 11.4 Å². The van der Waals surface area contributed by atoms with Crippen molar-refractivity contribution in [2.24, 2.45) is 0 Å². The van der Waals surface area contributed by atoms with Gasteiger partial charge >= 0.3 is 0 Å². The van der Waals surface area contributed by atoms with E-state index in [9.17, 15) is 4.79 Å². The third-order valence-corrected chi connectivity index (χ3v) is 3.44. The van der Waals surface area contributed by atoms with Crippen molar-refractivity contribution in [3.8, 4) is 11.4 Å². The van der Waals surface area contributed by atoms with Gasteiger partial charge in [0.25, 0.3) is 5.91 Å². The van der Waals surface area contributed by atoms with Crippen molar-refractivity contribution >= 4 is 5.91 Å². The summed E-state index contributed by atoms with van der Waals surface area (Å²) < 4.78 is 5.22. The molecule has 0 saturated heterocycles. The number of hydrogen-bond donors (Lipinski definition) is 1. The Balaban J connectivity index is 1.55. The van der Waals surface area contributed by atoms with Crippen molar-refractivity contribution in [3.05, 3.63) is 71.6 Å². The van der Waals surface area contributed by atoms with Gasteiger partial charge in [-0.1, -0.05) is 53.2 Å². The Hall–Kier alpha value is -2.95. The molecule has 2 aromatic carbocycles. The summed E-state index contributed by atoms with van der Waals surface area (Å²) in [5, 5.41) is 6.81. The Bertz CT molecular complexity index is 780. The maximum absolute atomic E-state index is 11.9. The van der Waals surface area contributed by atoms with E-state index >= 15 is 0 Å². The molecule has 5 nitrogen and oxygen atoms in total. The first-order chi connectivity index (χ1) is 11.2. The summed E-state index contributed by atoms with van der Waals surface area (Å²) in [6.07, 6.45) is 0.497. The van der Waals surface area contributed by atoms with Crippen LogP contribution in [0.3, 0.4) is 0 Å². The first-order valence-electron chi connectivity index (χ1n) is 7.45. The average Bonchev–Trinajstić information content (AvgIpc) is 3.05. The number of rotatable bonds is 5. The molecule has 0 bridgehead atoms. The summed E-state index contributed by atoms with van der Waals surface area (Å²) in [5.74, 6) is 0.965. The third-order valence-electron chi connectivity index (χ3n) is 3.44. The second-order valence-corrected chi connectivity index (χ2v) is 5.25. The van der Waals surface area contributed by atoms with Crippen molar-refractivity contribution in [1.29, 1.82) is 0 Å². The highest BCUT2D eigenvalue weighted by Gasteiger charge is 2.09. The van der Waals surface area contributed by atoms with E-state index in [-0.39, 0.29) is 5.91 Å². The van der Waals surface area contributed by atoms with E-state index in [4.69, 9.17) is 4.52 Å². The van der Waals surface area contributed by atoms with Crippen LogP contribution in [0.2, 0.25) is 0 Å². The van der Waals surface area contributed by atoms with Crippen molar-refractivity contribution in [1.82, 2.24) is 15.5 Å². The second-order valence-electron chi connectivity index (χ2n) is 5.25. The number of nitrogens with zero attached hydrogens (tertiary/aromatic N) is 2. The van der Waals surface area contributed by atoms with Gasteiger partial charge in [0.1, 0.15) is 0 Å². The van der Waals surface area contributed by atoms with Gasteiger partial charge < -0.3 is 9.84 Å². The van der Waals surface area contributed by atoms with Crippen molar-refractivity contribution in [2.45, 2.75) is 13.3 Å². The monoisotopic (exact) mass is 307 g/mol. The van der Waals surface area contributed by atoms with Crippen molar-refractivity contribution < 1.29 is 9.32 Å². The van der Waals surface area contributed by atoms with Crippen LogP contribution in [-0.2, 0) is 6.42 Å². The van der Waals surface area contributed by atoms with Gasteiger partial charge in [-0.3, -0.25) is 4.79 Å². The molecule has 0 fully saturated rings. The van der Waals surface area contributed by atoms with Crippen LogP contribution in [0.5, 0.6) is 0 Å². The van der Waals surface area contributed by atoms with Crippen LogP contribution >= 0.6 is 0 Å². The molecule has 0 unspecified atom stereocenters. The molecule has 1 heterocycles. The molecule has 3 aromatic rings. The Morgan fingerprint density at radius 3 is 2.57 bits per heavy atom. The van der Waals surface area contributed by atoms with Crippen LogP contribution in [0.1, 0.15) is 21.8 Å². The van der Waals surface area contributed by atoms with E-state index in [2.05, 4.69) is 15.5 Å². The zero-order valence-corrected chi connectivity index (χ0v) is 12.8. The van der Waals surface area contributed by atoms with Gasteiger partial charge in [0, 0.05) is 24.1 Å². The highest BCUT2D eigenvalue weighted by atomic mass is 16.5. The van der Waals surface area contributed by atoms with Crippen molar-refractivity contribution in [2.75, 3.05) is 6.54 Å². The standard InChI is InChI=1S/C18H17N3O2/c1-13-7-9-14(10-8-13)17-20-16(23-21-17)11-12-19-18(22)15-5-3-2-4-6-15/h2-10H,11-12H2,1H3,(H,19,22).